The number of hydrogen-bond donors (Lipinski definition) is 1. The molecule has 0 saturated heterocycles. The minimum absolute atomic E-state index is 0.136. The van der Waals surface area contributed by atoms with Gasteiger partial charge in [-0.15, -0.1) is 0 Å². The molecule has 3 heterocycles. The topological polar surface area (TPSA) is 88.5 Å². The van der Waals surface area contributed by atoms with Gasteiger partial charge < -0.3 is 19.4 Å². The van der Waals surface area contributed by atoms with Crippen molar-refractivity contribution in [3.8, 4) is 5.75 Å². The minimum atomic E-state index is -0.405. The van der Waals surface area contributed by atoms with E-state index in [9.17, 15) is 4.79 Å². The lowest BCUT2D eigenvalue weighted by Crippen LogP contribution is -2.34. The Bertz CT molecular complexity index is 994. The number of carbonyl (C=O) groups is 1. The van der Waals surface area contributed by atoms with Gasteiger partial charge in [-0.2, -0.15) is 5.10 Å². The van der Waals surface area contributed by atoms with E-state index in [0.29, 0.717) is 19.7 Å². The number of aryl methyl sites for hydroxylation is 2. The van der Waals surface area contributed by atoms with E-state index in [1.807, 2.05) is 51.4 Å². The van der Waals surface area contributed by atoms with Gasteiger partial charge in [-0.1, -0.05) is 0 Å². The molecule has 9 nitrogen and oxygen atoms in total. The van der Waals surface area contributed by atoms with Crippen LogP contribution < -0.4 is 14.5 Å². The Morgan fingerprint density at radius 3 is 2.93 bits per heavy atom. The fourth-order valence-corrected chi connectivity index (χ4v) is 3.51. The third-order valence-electron chi connectivity index (χ3n) is 5.17. The third-order valence-corrected chi connectivity index (χ3v) is 5.17. The largest absolute Gasteiger partial charge is 0.490 e. The predicted octanol–water partition coefficient (Wildman–Crippen LogP) is 3.01. The Balaban J connectivity index is 1.50. The number of benzene rings is 1. The summed E-state index contributed by atoms with van der Waals surface area (Å²) >= 11 is 0. The van der Waals surface area contributed by atoms with Crippen LogP contribution in [0.15, 0.2) is 36.8 Å². The first-order valence-corrected chi connectivity index (χ1v) is 9.98. The second kappa shape index (κ2) is 8.48. The number of fused-ring (bicyclic) bond motifs is 1. The van der Waals surface area contributed by atoms with E-state index in [4.69, 9.17) is 9.47 Å². The molecular formula is C21H26N6O3. The smallest absolute Gasteiger partial charge is 0.414 e. The number of nitrogens with zero attached hydrogens (tertiary/aromatic N) is 5. The molecule has 0 spiro atoms. The van der Waals surface area contributed by atoms with Crippen molar-refractivity contribution in [1.82, 2.24) is 19.7 Å². The van der Waals surface area contributed by atoms with Crippen LogP contribution in [0, 0.1) is 6.92 Å². The van der Waals surface area contributed by atoms with Gasteiger partial charge in [0.05, 0.1) is 30.8 Å². The fraction of sp³-hybridized carbons (Fsp3) is 0.381. The second-order valence-electron chi connectivity index (χ2n) is 7.20. The summed E-state index contributed by atoms with van der Waals surface area (Å²) in [5.74, 6) is 0.804. The molecule has 0 saturated carbocycles. The van der Waals surface area contributed by atoms with Gasteiger partial charge in [-0.25, -0.2) is 9.78 Å². The van der Waals surface area contributed by atoms with Crippen molar-refractivity contribution in [3.05, 3.63) is 53.9 Å². The summed E-state index contributed by atoms with van der Waals surface area (Å²) in [4.78, 5) is 23.8. The van der Waals surface area contributed by atoms with E-state index in [1.165, 1.54) is 0 Å². The fourth-order valence-electron chi connectivity index (χ4n) is 3.51. The summed E-state index contributed by atoms with van der Waals surface area (Å²) in [6, 6.07) is 7.67. The van der Waals surface area contributed by atoms with Crippen LogP contribution in [-0.2, 0) is 24.9 Å². The van der Waals surface area contributed by atoms with Gasteiger partial charge in [-0.05, 0) is 38.1 Å². The number of hydrogen-bond acceptors (Lipinski definition) is 6. The first-order valence-electron chi connectivity index (χ1n) is 9.98. The highest BCUT2D eigenvalue weighted by Crippen LogP contribution is 2.36. The van der Waals surface area contributed by atoms with Gasteiger partial charge in [-0.3, -0.25) is 9.58 Å². The summed E-state index contributed by atoms with van der Waals surface area (Å²) in [5.41, 5.74) is 4.47. The van der Waals surface area contributed by atoms with Crippen LogP contribution in [0.3, 0.4) is 0 Å². The Labute approximate surface area is 175 Å². The first kappa shape index (κ1) is 19.8. The average molecular weight is 410 g/mol. The molecule has 1 N–H and O–H groups in total. The first-order chi connectivity index (χ1) is 14.5. The van der Waals surface area contributed by atoms with Crippen LogP contribution >= 0.6 is 0 Å². The molecule has 9 heteroatoms. The Hall–Kier alpha value is -3.49. The molecule has 1 amide bonds. The maximum absolute atomic E-state index is 12.8. The Kier molecular flexibility index (Phi) is 5.60. The lowest BCUT2D eigenvalue weighted by atomic mass is 10.2. The Morgan fingerprint density at radius 2 is 2.23 bits per heavy atom. The molecule has 1 aliphatic heterocycles. The highest BCUT2D eigenvalue weighted by molar-refractivity contribution is 5.89. The van der Waals surface area contributed by atoms with E-state index >= 15 is 0 Å². The number of anilines is 2. The van der Waals surface area contributed by atoms with Gasteiger partial charge in [0.1, 0.15) is 24.7 Å². The van der Waals surface area contributed by atoms with E-state index in [-0.39, 0.29) is 6.61 Å². The number of imidazole rings is 1. The SMILES string of the molecule is CCN(C(=O)OCc1cc(C)n(C)n1)c1ccc2c(c1)N(Cc1cnc[nH]1)CCO2. The molecule has 30 heavy (non-hydrogen) atoms. The van der Waals surface area contributed by atoms with E-state index in [0.717, 1.165) is 40.8 Å². The molecule has 0 radical (unpaired) electrons. The summed E-state index contributed by atoms with van der Waals surface area (Å²) < 4.78 is 13.1. The molecule has 1 aromatic carbocycles. The number of ether oxygens (including phenoxy) is 2. The van der Waals surface area contributed by atoms with E-state index in [2.05, 4.69) is 20.0 Å². The lowest BCUT2D eigenvalue weighted by Gasteiger charge is -2.32. The van der Waals surface area contributed by atoms with Crippen LogP contribution in [0.1, 0.15) is 24.0 Å². The van der Waals surface area contributed by atoms with Crippen molar-refractivity contribution in [3.63, 3.8) is 0 Å². The highest BCUT2D eigenvalue weighted by atomic mass is 16.6. The summed E-state index contributed by atoms with van der Waals surface area (Å²) in [7, 11) is 1.86. The molecule has 1 aliphatic rings. The number of carbonyl (C=O) groups excluding carboxylic acids is 1. The monoisotopic (exact) mass is 410 g/mol. The lowest BCUT2D eigenvalue weighted by molar-refractivity contribution is 0.145. The van der Waals surface area contributed by atoms with E-state index < -0.39 is 6.09 Å². The molecule has 158 valence electrons. The van der Waals surface area contributed by atoms with Crippen LogP contribution in [0.2, 0.25) is 0 Å². The van der Waals surface area contributed by atoms with Gasteiger partial charge in [0, 0.05) is 31.2 Å². The van der Waals surface area contributed by atoms with Crippen LogP contribution in [0.5, 0.6) is 5.75 Å². The Morgan fingerprint density at radius 1 is 1.37 bits per heavy atom. The van der Waals surface area contributed by atoms with Crippen LogP contribution in [0.25, 0.3) is 0 Å². The molecule has 4 rings (SSSR count). The third kappa shape index (κ3) is 4.10. The van der Waals surface area contributed by atoms with Crippen molar-refractivity contribution in [2.45, 2.75) is 27.0 Å². The molecule has 3 aromatic rings. The second-order valence-corrected chi connectivity index (χ2v) is 7.20. The number of H-pyrrole nitrogens is 1. The molecule has 0 aliphatic carbocycles. The molecule has 0 atom stereocenters. The predicted molar refractivity (Wildman–Crippen MR) is 113 cm³/mol. The van der Waals surface area contributed by atoms with Crippen LogP contribution in [0.4, 0.5) is 16.2 Å². The average Bonchev–Trinajstić information content (AvgIpc) is 3.37. The summed E-state index contributed by atoms with van der Waals surface area (Å²) in [5, 5.41) is 4.33. The molecule has 0 unspecified atom stereocenters. The molecule has 0 bridgehead atoms. The number of rotatable bonds is 6. The van der Waals surface area contributed by atoms with Crippen molar-refractivity contribution in [1.29, 1.82) is 0 Å². The van der Waals surface area contributed by atoms with Gasteiger partial charge in [0.25, 0.3) is 0 Å². The van der Waals surface area contributed by atoms with Crippen LogP contribution in [-0.4, -0.2) is 45.5 Å². The maximum atomic E-state index is 12.8. The van der Waals surface area contributed by atoms with Crippen molar-refractivity contribution in [2.24, 2.45) is 7.05 Å². The standard InChI is InChI=1S/C21H26N6O3/c1-4-27(21(28)30-13-16-9-15(2)25(3)24-16)18-5-6-20-19(10-18)26(7-8-29-20)12-17-11-22-14-23-17/h5-6,9-11,14H,4,7-8,12-13H2,1-3H3,(H,22,23). The zero-order chi connectivity index (χ0) is 21.1. The number of aromatic amines is 1. The minimum Gasteiger partial charge on any atom is -0.490 e. The highest BCUT2D eigenvalue weighted by Gasteiger charge is 2.23. The van der Waals surface area contributed by atoms with Gasteiger partial charge >= 0.3 is 6.09 Å². The number of amides is 1. The van der Waals surface area contributed by atoms with Gasteiger partial charge in [0.2, 0.25) is 0 Å². The summed E-state index contributed by atoms with van der Waals surface area (Å²) in [6.45, 7) is 6.56. The molecule has 2 aromatic heterocycles. The maximum Gasteiger partial charge on any atom is 0.414 e. The van der Waals surface area contributed by atoms with Crippen molar-refractivity contribution in [2.75, 3.05) is 29.5 Å². The number of aromatic nitrogens is 4. The van der Waals surface area contributed by atoms with E-state index in [1.54, 1.807) is 15.9 Å². The quantitative estimate of drug-likeness (QED) is 0.672. The zero-order valence-electron chi connectivity index (χ0n) is 17.5. The van der Waals surface area contributed by atoms with Crippen molar-refractivity contribution >= 4 is 17.5 Å². The molecular weight excluding hydrogens is 384 g/mol. The normalized spacial score (nSPS) is 13.0. The van der Waals surface area contributed by atoms with Crippen molar-refractivity contribution < 1.29 is 14.3 Å². The number of nitrogens with one attached hydrogen (secondary N) is 1. The zero-order valence-corrected chi connectivity index (χ0v) is 17.5. The van der Waals surface area contributed by atoms with Gasteiger partial charge in [0.15, 0.2) is 0 Å². The molecule has 0 fully saturated rings. The summed E-state index contributed by atoms with van der Waals surface area (Å²) in [6.07, 6.45) is 3.08.